The number of hydrogen-bond donors (Lipinski definition) is 1. The summed E-state index contributed by atoms with van der Waals surface area (Å²) in [6, 6.07) is 22.2. The summed E-state index contributed by atoms with van der Waals surface area (Å²) in [4.78, 5) is 0. The summed E-state index contributed by atoms with van der Waals surface area (Å²) in [7, 11) is -6.07. The first-order chi connectivity index (χ1) is 22.5. The summed E-state index contributed by atoms with van der Waals surface area (Å²) in [5, 5.41) is 15.9. The van der Waals surface area contributed by atoms with Crippen molar-refractivity contribution in [3.8, 4) is 0 Å². The van der Waals surface area contributed by atoms with E-state index in [0.717, 1.165) is 45.3 Å². The van der Waals surface area contributed by atoms with Crippen LogP contribution in [0.4, 0.5) is 0 Å². The molecule has 0 spiro atoms. The summed E-state index contributed by atoms with van der Waals surface area (Å²) < 4.78 is 14.2. The third-order valence-corrected chi connectivity index (χ3v) is 27.0. The van der Waals surface area contributed by atoms with E-state index in [1.807, 2.05) is 0 Å². The molecule has 0 radical (unpaired) electrons. The molecule has 1 N–H and O–H groups in total. The van der Waals surface area contributed by atoms with E-state index in [1.54, 1.807) is 0 Å². The van der Waals surface area contributed by atoms with Gasteiger partial charge in [-0.3, -0.25) is 0 Å². The van der Waals surface area contributed by atoms with Crippen molar-refractivity contribution in [1.82, 2.24) is 0 Å². The van der Waals surface area contributed by atoms with E-state index in [1.165, 1.54) is 23.2 Å². The normalized spacial score (nSPS) is 30.2. The molecular weight excluding hydrogens is 649 g/mol. The molecular formula is C43H74O3Si3. The molecule has 0 heterocycles. The third kappa shape index (κ3) is 7.58. The van der Waals surface area contributed by atoms with Crippen LogP contribution >= 0.6 is 0 Å². The fraction of sp³-hybridized carbons (Fsp3) is 0.721. The van der Waals surface area contributed by atoms with Gasteiger partial charge in [0.1, 0.15) is 0 Å². The van der Waals surface area contributed by atoms with Gasteiger partial charge in [-0.2, -0.15) is 0 Å². The van der Waals surface area contributed by atoms with Crippen molar-refractivity contribution in [3.05, 3.63) is 60.7 Å². The zero-order valence-corrected chi connectivity index (χ0v) is 37.1. The second-order valence-corrected chi connectivity index (χ2v) is 34.8. The average Bonchev–Trinajstić information content (AvgIpc) is 3.00. The van der Waals surface area contributed by atoms with Crippen LogP contribution in [0.3, 0.4) is 0 Å². The zero-order valence-electron chi connectivity index (χ0n) is 34.1. The van der Waals surface area contributed by atoms with E-state index in [9.17, 15) is 5.11 Å². The van der Waals surface area contributed by atoms with Crippen LogP contribution in [0.1, 0.15) is 107 Å². The standard InChI is InChI=1S/C43H74O3Si3/c1-34-33-38(47(10,11)12)42(9)37(27-21-28-43(42,44)29-22-31-45-48(13,14)39(2,3)4)41(34,8)30-32-46-49(40(5,6)7,35-23-17-15-18-24-35)36-25-19-16-20-26-36/h15-20,23-26,34,37-38,44H,21-22,27-33H2,1-14H3/t34-,37+,38+,41-,42-,43+/m1/s1. The Morgan fingerprint density at radius 2 is 1.29 bits per heavy atom. The van der Waals surface area contributed by atoms with E-state index in [2.05, 4.69) is 156 Å². The zero-order chi connectivity index (χ0) is 36.7. The second-order valence-electron chi connectivity index (χ2n) is 20.3. The van der Waals surface area contributed by atoms with Crippen molar-refractivity contribution in [2.45, 2.75) is 161 Å². The largest absolute Gasteiger partial charge is 0.417 e. The van der Waals surface area contributed by atoms with E-state index in [4.69, 9.17) is 8.85 Å². The van der Waals surface area contributed by atoms with Crippen molar-refractivity contribution in [3.63, 3.8) is 0 Å². The average molecular weight is 723 g/mol. The van der Waals surface area contributed by atoms with Crippen molar-refractivity contribution in [1.29, 1.82) is 0 Å². The first-order valence-electron chi connectivity index (χ1n) is 19.6. The SMILES string of the molecule is C[C@@H]1C[C@H]([Si](C)(C)C)[C@@]2(C)[C@@H](CCC[C@]2(O)CCCO[Si](C)(C)C(C)(C)C)[C@]1(C)CCO[Si](c1ccccc1)(c1ccccc1)C(C)(C)C. The summed E-state index contributed by atoms with van der Waals surface area (Å²) in [6.45, 7) is 35.7. The minimum absolute atomic E-state index is 0.0379. The van der Waals surface area contributed by atoms with Crippen LogP contribution in [-0.2, 0) is 8.85 Å². The third-order valence-electron chi connectivity index (χ3n) is 14.5. The molecule has 0 aliphatic heterocycles. The molecule has 0 aromatic heterocycles. The smallest absolute Gasteiger partial charge is 0.261 e. The Hall–Kier alpha value is -1.03. The van der Waals surface area contributed by atoms with Crippen LogP contribution < -0.4 is 10.4 Å². The highest BCUT2D eigenvalue weighted by molar-refractivity contribution is 6.99. The van der Waals surface area contributed by atoms with Crippen molar-refractivity contribution in [2.24, 2.45) is 22.7 Å². The second kappa shape index (κ2) is 14.4. The molecule has 2 fully saturated rings. The number of hydrogen-bond acceptors (Lipinski definition) is 3. The molecule has 2 aromatic carbocycles. The lowest BCUT2D eigenvalue weighted by atomic mass is 9.43. The highest BCUT2D eigenvalue weighted by Crippen LogP contribution is 2.70. The van der Waals surface area contributed by atoms with Gasteiger partial charge in [-0.25, -0.2) is 0 Å². The highest BCUT2D eigenvalue weighted by Gasteiger charge is 2.67. The molecule has 0 unspecified atom stereocenters. The molecule has 6 atom stereocenters. The fourth-order valence-electron chi connectivity index (χ4n) is 10.4. The molecule has 0 saturated heterocycles. The lowest BCUT2D eigenvalue weighted by Gasteiger charge is -2.68. The van der Waals surface area contributed by atoms with Crippen LogP contribution in [0.25, 0.3) is 0 Å². The Labute approximate surface area is 305 Å². The maximum atomic E-state index is 13.1. The molecule has 4 rings (SSSR count). The molecule has 49 heavy (non-hydrogen) atoms. The minimum Gasteiger partial charge on any atom is -0.417 e. The molecule has 3 nitrogen and oxygen atoms in total. The van der Waals surface area contributed by atoms with Gasteiger partial charge in [0.05, 0.1) is 5.60 Å². The predicted molar refractivity (Wildman–Crippen MR) is 220 cm³/mol. The van der Waals surface area contributed by atoms with Crippen molar-refractivity contribution >= 4 is 35.1 Å². The van der Waals surface area contributed by atoms with Crippen LogP contribution in [0, 0.1) is 22.7 Å². The maximum absolute atomic E-state index is 13.1. The number of benzene rings is 2. The summed E-state index contributed by atoms with van der Waals surface area (Å²) in [6.07, 6.45) is 7.26. The number of rotatable bonds is 12. The van der Waals surface area contributed by atoms with Crippen LogP contribution in [0.2, 0.25) is 48.4 Å². The van der Waals surface area contributed by atoms with E-state index >= 15 is 0 Å². The van der Waals surface area contributed by atoms with Gasteiger partial charge < -0.3 is 14.0 Å². The highest BCUT2D eigenvalue weighted by atomic mass is 28.4. The van der Waals surface area contributed by atoms with Gasteiger partial charge in [-0.15, -0.1) is 0 Å². The Morgan fingerprint density at radius 1 is 0.755 bits per heavy atom. The molecule has 6 heteroatoms. The lowest BCUT2D eigenvalue weighted by Crippen LogP contribution is -2.68. The van der Waals surface area contributed by atoms with Crippen LogP contribution in [0.15, 0.2) is 60.7 Å². The topological polar surface area (TPSA) is 38.7 Å². The minimum atomic E-state index is -2.63. The molecule has 2 saturated carbocycles. The van der Waals surface area contributed by atoms with E-state index in [0.29, 0.717) is 17.4 Å². The summed E-state index contributed by atoms with van der Waals surface area (Å²) in [5.41, 5.74) is -0.122. The van der Waals surface area contributed by atoms with Gasteiger partial charge >= 0.3 is 0 Å². The fourth-order valence-corrected chi connectivity index (χ4v) is 19.4. The van der Waals surface area contributed by atoms with E-state index < -0.39 is 30.3 Å². The molecule has 0 bridgehead atoms. The van der Waals surface area contributed by atoms with Crippen LogP contribution in [-0.4, -0.2) is 48.6 Å². The predicted octanol–water partition coefficient (Wildman–Crippen LogP) is 11.0. The first kappa shape index (κ1) is 40.7. The first-order valence-corrected chi connectivity index (χ1v) is 28.0. The summed E-state index contributed by atoms with van der Waals surface area (Å²) >= 11 is 0. The quantitative estimate of drug-likeness (QED) is 0.175. The number of fused-ring (bicyclic) bond motifs is 1. The molecule has 2 aliphatic carbocycles. The van der Waals surface area contributed by atoms with Crippen molar-refractivity contribution < 1.29 is 14.0 Å². The Balaban J connectivity index is 1.67. The van der Waals surface area contributed by atoms with Gasteiger partial charge in [0.2, 0.25) is 0 Å². The summed E-state index contributed by atoms with van der Waals surface area (Å²) in [5.74, 6) is 1.04. The van der Waals surface area contributed by atoms with Gasteiger partial charge in [0, 0.05) is 26.7 Å². The Morgan fingerprint density at radius 3 is 1.76 bits per heavy atom. The van der Waals surface area contributed by atoms with Gasteiger partial charge in [0.15, 0.2) is 8.32 Å². The maximum Gasteiger partial charge on any atom is 0.261 e. The molecule has 0 amide bonds. The van der Waals surface area contributed by atoms with Gasteiger partial charge in [0.25, 0.3) is 8.32 Å². The molecule has 2 aliphatic rings. The molecule has 2 aromatic rings. The van der Waals surface area contributed by atoms with Gasteiger partial charge in [-0.05, 0) is 94.9 Å². The Kier molecular flexibility index (Phi) is 12.0. The number of aliphatic hydroxyl groups is 1. The van der Waals surface area contributed by atoms with Crippen LogP contribution in [0.5, 0.6) is 0 Å². The monoisotopic (exact) mass is 722 g/mol. The lowest BCUT2D eigenvalue weighted by molar-refractivity contribution is -0.206. The van der Waals surface area contributed by atoms with Crippen molar-refractivity contribution in [2.75, 3.05) is 13.2 Å². The van der Waals surface area contributed by atoms with E-state index in [-0.39, 0.29) is 20.9 Å². The molecule has 276 valence electrons. The Bertz CT molecular complexity index is 1320. The van der Waals surface area contributed by atoms with Gasteiger partial charge in [-0.1, -0.05) is 149 Å².